The van der Waals surface area contributed by atoms with E-state index in [9.17, 15) is 19.5 Å². The highest BCUT2D eigenvalue weighted by atomic mass is 16.5. The molecular formula is C19H19NO6. The second-order valence-electron chi connectivity index (χ2n) is 6.17. The number of nitrogens with zero attached hydrogens (tertiary/aromatic N) is 1. The Morgan fingerprint density at radius 2 is 1.92 bits per heavy atom. The minimum atomic E-state index is -1.85. The predicted octanol–water partition coefficient (Wildman–Crippen LogP) is 1.03. The minimum Gasteiger partial charge on any atom is -0.479 e. The van der Waals surface area contributed by atoms with Crippen molar-refractivity contribution in [3.63, 3.8) is 0 Å². The van der Waals surface area contributed by atoms with E-state index in [1.165, 1.54) is 0 Å². The summed E-state index contributed by atoms with van der Waals surface area (Å²) in [6.07, 6.45) is 1.51. The number of aliphatic carboxylic acids is 1. The van der Waals surface area contributed by atoms with E-state index in [0.29, 0.717) is 24.0 Å². The largest absolute Gasteiger partial charge is 0.479 e. The van der Waals surface area contributed by atoms with Crippen LogP contribution in [0.15, 0.2) is 53.6 Å². The Morgan fingerprint density at radius 1 is 1.19 bits per heavy atom. The van der Waals surface area contributed by atoms with Gasteiger partial charge in [-0.1, -0.05) is 42.5 Å². The van der Waals surface area contributed by atoms with Crippen molar-refractivity contribution in [2.24, 2.45) is 0 Å². The predicted molar refractivity (Wildman–Crippen MR) is 90.8 cm³/mol. The van der Waals surface area contributed by atoms with Crippen LogP contribution in [0.5, 0.6) is 0 Å². The quantitative estimate of drug-likeness (QED) is 0.707. The minimum absolute atomic E-state index is 0.0547. The molecule has 0 bridgehead atoms. The number of hydrogen-bond donors (Lipinski definition) is 2. The molecule has 2 aliphatic rings. The molecular weight excluding hydrogens is 338 g/mol. The molecule has 1 aromatic carbocycles. The summed E-state index contributed by atoms with van der Waals surface area (Å²) < 4.78 is 5.55. The number of carbonyl (C=O) groups excluding carboxylic acids is 2. The van der Waals surface area contributed by atoms with Gasteiger partial charge in [0.15, 0.2) is 6.10 Å². The SMILES string of the molecule is O=C(O)C(O)C(CN1C(=O)C2=C(CCC=C2)C1=O)OCc1ccccc1. The molecule has 1 aromatic rings. The Morgan fingerprint density at radius 3 is 2.58 bits per heavy atom. The second-order valence-corrected chi connectivity index (χ2v) is 6.17. The Bertz CT molecular complexity index is 782. The van der Waals surface area contributed by atoms with Gasteiger partial charge >= 0.3 is 5.97 Å². The molecule has 2 atom stereocenters. The Balaban J connectivity index is 1.73. The molecule has 2 amide bonds. The standard InChI is InChI=1S/C19H19NO6/c21-16(19(24)25)15(26-11-12-6-2-1-3-7-12)10-20-17(22)13-8-4-5-9-14(13)18(20)23/h1-4,6-8,15-16,21H,5,9-11H2,(H,24,25). The fourth-order valence-electron chi connectivity index (χ4n) is 3.01. The molecule has 7 nitrogen and oxygen atoms in total. The molecule has 1 aliphatic carbocycles. The average molecular weight is 357 g/mol. The first-order valence-electron chi connectivity index (χ1n) is 8.31. The highest BCUT2D eigenvalue weighted by molar-refractivity contribution is 6.20. The first-order chi connectivity index (χ1) is 12.5. The van der Waals surface area contributed by atoms with Crippen LogP contribution < -0.4 is 0 Å². The molecule has 0 radical (unpaired) electrons. The zero-order valence-corrected chi connectivity index (χ0v) is 14.0. The summed E-state index contributed by atoms with van der Waals surface area (Å²) in [4.78, 5) is 37.1. The van der Waals surface area contributed by atoms with Crippen molar-refractivity contribution in [1.29, 1.82) is 0 Å². The van der Waals surface area contributed by atoms with Gasteiger partial charge < -0.3 is 14.9 Å². The maximum atomic E-state index is 12.5. The van der Waals surface area contributed by atoms with Gasteiger partial charge in [-0.05, 0) is 18.4 Å². The van der Waals surface area contributed by atoms with Crippen molar-refractivity contribution in [2.45, 2.75) is 31.7 Å². The van der Waals surface area contributed by atoms with Gasteiger partial charge in [-0.3, -0.25) is 14.5 Å². The van der Waals surface area contributed by atoms with Gasteiger partial charge in [0.1, 0.15) is 6.10 Å². The molecule has 1 heterocycles. The molecule has 0 saturated carbocycles. The van der Waals surface area contributed by atoms with Crippen molar-refractivity contribution in [3.8, 4) is 0 Å². The number of carbonyl (C=O) groups is 3. The Hall–Kier alpha value is -2.77. The van der Waals surface area contributed by atoms with Gasteiger partial charge in [0.25, 0.3) is 11.8 Å². The molecule has 3 rings (SSSR count). The monoisotopic (exact) mass is 357 g/mol. The maximum absolute atomic E-state index is 12.5. The third-order valence-electron chi connectivity index (χ3n) is 4.42. The average Bonchev–Trinajstić information content (AvgIpc) is 2.90. The number of rotatable bonds is 7. The molecule has 7 heteroatoms. The van der Waals surface area contributed by atoms with Crippen LogP contribution in [0.25, 0.3) is 0 Å². The number of aliphatic hydroxyl groups is 1. The number of aliphatic hydroxyl groups excluding tert-OH is 1. The van der Waals surface area contributed by atoms with E-state index in [4.69, 9.17) is 9.84 Å². The van der Waals surface area contributed by atoms with Gasteiger partial charge in [0.2, 0.25) is 0 Å². The molecule has 26 heavy (non-hydrogen) atoms. The highest BCUT2D eigenvalue weighted by Crippen LogP contribution is 2.29. The summed E-state index contributed by atoms with van der Waals surface area (Å²) in [5.41, 5.74) is 1.56. The van der Waals surface area contributed by atoms with E-state index < -0.39 is 30.0 Å². The molecule has 0 saturated heterocycles. The van der Waals surface area contributed by atoms with E-state index in [1.807, 2.05) is 12.1 Å². The van der Waals surface area contributed by atoms with E-state index in [2.05, 4.69) is 0 Å². The highest BCUT2D eigenvalue weighted by Gasteiger charge is 2.40. The van der Waals surface area contributed by atoms with E-state index in [-0.39, 0.29) is 13.2 Å². The lowest BCUT2D eigenvalue weighted by Gasteiger charge is -2.25. The lowest BCUT2D eigenvalue weighted by Crippen LogP contribution is -2.46. The molecule has 1 aliphatic heterocycles. The Kier molecular flexibility index (Phi) is 5.29. The lowest BCUT2D eigenvalue weighted by molar-refractivity contribution is -0.160. The third kappa shape index (κ3) is 3.58. The molecule has 0 aromatic heterocycles. The zero-order chi connectivity index (χ0) is 18.7. The molecule has 136 valence electrons. The number of carboxylic acids is 1. The molecule has 0 fully saturated rings. The number of hydrogen-bond acceptors (Lipinski definition) is 5. The first kappa shape index (κ1) is 18.0. The molecule has 2 unspecified atom stereocenters. The van der Waals surface area contributed by atoms with Crippen LogP contribution >= 0.6 is 0 Å². The maximum Gasteiger partial charge on any atom is 0.335 e. The number of benzene rings is 1. The van der Waals surface area contributed by atoms with Crippen LogP contribution in [0.2, 0.25) is 0 Å². The summed E-state index contributed by atoms with van der Waals surface area (Å²) in [7, 11) is 0. The van der Waals surface area contributed by atoms with Crippen LogP contribution in [0.4, 0.5) is 0 Å². The number of amides is 2. The topological polar surface area (TPSA) is 104 Å². The van der Waals surface area contributed by atoms with Crippen LogP contribution in [-0.4, -0.2) is 51.6 Å². The number of allylic oxidation sites excluding steroid dienone is 1. The smallest absolute Gasteiger partial charge is 0.335 e. The fourth-order valence-corrected chi connectivity index (χ4v) is 3.01. The normalized spacial score (nSPS) is 18.9. The van der Waals surface area contributed by atoms with Crippen molar-refractivity contribution in [3.05, 3.63) is 59.2 Å². The fraction of sp³-hybridized carbons (Fsp3) is 0.316. The molecule has 0 spiro atoms. The zero-order valence-electron chi connectivity index (χ0n) is 14.0. The van der Waals surface area contributed by atoms with Gasteiger partial charge in [0.05, 0.1) is 13.2 Å². The van der Waals surface area contributed by atoms with Crippen molar-refractivity contribution in [1.82, 2.24) is 4.90 Å². The van der Waals surface area contributed by atoms with Crippen LogP contribution in [-0.2, 0) is 25.7 Å². The summed E-state index contributed by atoms with van der Waals surface area (Å²) >= 11 is 0. The van der Waals surface area contributed by atoms with Gasteiger partial charge in [-0.25, -0.2) is 4.79 Å². The summed E-state index contributed by atoms with van der Waals surface area (Å²) in [6, 6.07) is 9.03. The van der Waals surface area contributed by atoms with Crippen LogP contribution in [0.1, 0.15) is 18.4 Å². The second kappa shape index (κ2) is 7.63. The third-order valence-corrected chi connectivity index (χ3v) is 4.42. The van der Waals surface area contributed by atoms with E-state index >= 15 is 0 Å². The summed E-state index contributed by atoms with van der Waals surface area (Å²) in [5.74, 6) is -2.40. The number of imide groups is 1. The van der Waals surface area contributed by atoms with Crippen molar-refractivity contribution < 1.29 is 29.3 Å². The van der Waals surface area contributed by atoms with Crippen molar-refractivity contribution >= 4 is 17.8 Å². The van der Waals surface area contributed by atoms with Gasteiger partial charge in [-0.15, -0.1) is 0 Å². The van der Waals surface area contributed by atoms with Crippen LogP contribution in [0.3, 0.4) is 0 Å². The lowest BCUT2D eigenvalue weighted by atomic mass is 10.00. The number of carboxylic acid groups (broad SMARTS) is 1. The summed E-state index contributed by atoms with van der Waals surface area (Å²) in [6.45, 7) is -0.266. The van der Waals surface area contributed by atoms with E-state index in [0.717, 1.165) is 10.5 Å². The van der Waals surface area contributed by atoms with Gasteiger partial charge in [-0.2, -0.15) is 0 Å². The van der Waals surface area contributed by atoms with Crippen LogP contribution in [0, 0.1) is 0 Å². The van der Waals surface area contributed by atoms with E-state index in [1.54, 1.807) is 30.3 Å². The Labute approximate surface area is 150 Å². The summed E-state index contributed by atoms with van der Waals surface area (Å²) in [5, 5.41) is 19.1. The van der Waals surface area contributed by atoms with Crippen molar-refractivity contribution in [2.75, 3.05) is 6.54 Å². The molecule has 2 N–H and O–H groups in total. The first-order valence-corrected chi connectivity index (χ1v) is 8.31. The van der Waals surface area contributed by atoms with Gasteiger partial charge in [0, 0.05) is 11.1 Å². The number of ether oxygens (including phenoxy) is 1.